The van der Waals surface area contributed by atoms with E-state index < -0.39 is 11.4 Å². The first-order valence-electron chi connectivity index (χ1n) is 13.8. The third-order valence-corrected chi connectivity index (χ3v) is 13.2. The molecule has 4 saturated carbocycles. The van der Waals surface area contributed by atoms with Crippen LogP contribution in [0.2, 0.25) is 0 Å². The molecule has 0 aromatic rings. The number of carboxylic acid groups (broad SMARTS) is 1. The lowest BCUT2D eigenvalue weighted by atomic mass is 9.33. The minimum Gasteiger partial charge on any atom is -0.481 e. The molecular formula is C30H46O4. The predicted molar refractivity (Wildman–Crippen MR) is 133 cm³/mol. The number of aliphatic hydroxyl groups is 1. The lowest BCUT2D eigenvalue weighted by Gasteiger charge is -2.70. The van der Waals surface area contributed by atoms with Crippen molar-refractivity contribution in [3.05, 3.63) is 11.6 Å². The number of carboxylic acids is 1. The number of aliphatic carboxylic acids is 1. The third-order valence-electron chi connectivity index (χ3n) is 13.2. The van der Waals surface area contributed by atoms with Crippen LogP contribution in [0.3, 0.4) is 0 Å². The van der Waals surface area contributed by atoms with Crippen LogP contribution in [0.15, 0.2) is 11.6 Å². The Bertz CT molecular complexity index is 949. The van der Waals surface area contributed by atoms with Crippen molar-refractivity contribution in [2.45, 2.75) is 106 Å². The second-order valence-corrected chi connectivity index (χ2v) is 14.6. The molecule has 0 heterocycles. The second kappa shape index (κ2) is 7.20. The molecule has 0 aromatic carbocycles. The summed E-state index contributed by atoms with van der Waals surface area (Å²) in [7, 11) is 0. The van der Waals surface area contributed by atoms with Crippen LogP contribution in [0.4, 0.5) is 0 Å². The van der Waals surface area contributed by atoms with Crippen LogP contribution >= 0.6 is 0 Å². The Morgan fingerprint density at radius 1 is 0.971 bits per heavy atom. The van der Waals surface area contributed by atoms with Crippen molar-refractivity contribution in [2.24, 2.45) is 50.2 Å². The summed E-state index contributed by atoms with van der Waals surface area (Å²) in [6, 6.07) is 0. The van der Waals surface area contributed by atoms with Gasteiger partial charge in [0.05, 0.1) is 5.41 Å². The SMILES string of the molecule is CC1(C)C(=O)CC[C@]2(C)[C@H]3CC=C4[C@H]5C[C@@](C)(C(=O)O)CC[C@]5(CO)CC[C@@]4(C)[C@]3(C)CC[C@@H]12. The molecule has 0 bridgehead atoms. The minimum absolute atomic E-state index is 0.0234. The number of carbonyl (C=O) groups excluding carboxylic acids is 1. The zero-order valence-electron chi connectivity index (χ0n) is 22.3. The number of hydrogen-bond donors (Lipinski definition) is 2. The molecule has 4 fully saturated rings. The van der Waals surface area contributed by atoms with Crippen molar-refractivity contribution in [3.63, 3.8) is 0 Å². The molecule has 0 amide bonds. The van der Waals surface area contributed by atoms with Gasteiger partial charge in [0, 0.05) is 23.9 Å². The van der Waals surface area contributed by atoms with Gasteiger partial charge in [0.1, 0.15) is 5.78 Å². The van der Waals surface area contributed by atoms with Gasteiger partial charge in [0.2, 0.25) is 0 Å². The van der Waals surface area contributed by atoms with Gasteiger partial charge in [-0.15, -0.1) is 0 Å². The van der Waals surface area contributed by atoms with Gasteiger partial charge in [-0.05, 0) is 98.7 Å². The molecule has 0 spiro atoms. The molecule has 2 N–H and O–H groups in total. The van der Waals surface area contributed by atoms with Gasteiger partial charge in [0.25, 0.3) is 0 Å². The Morgan fingerprint density at radius 3 is 2.29 bits per heavy atom. The van der Waals surface area contributed by atoms with Crippen molar-refractivity contribution in [2.75, 3.05) is 6.61 Å². The molecule has 4 heteroatoms. The van der Waals surface area contributed by atoms with Crippen LogP contribution in [-0.2, 0) is 9.59 Å². The first-order valence-corrected chi connectivity index (χ1v) is 13.8. The van der Waals surface area contributed by atoms with E-state index in [0.29, 0.717) is 36.9 Å². The topological polar surface area (TPSA) is 74.6 Å². The summed E-state index contributed by atoms with van der Waals surface area (Å²) in [5, 5.41) is 20.7. The van der Waals surface area contributed by atoms with E-state index in [-0.39, 0.29) is 39.6 Å². The fourth-order valence-electron chi connectivity index (χ4n) is 10.5. The van der Waals surface area contributed by atoms with E-state index in [9.17, 15) is 19.8 Å². The van der Waals surface area contributed by atoms with Crippen LogP contribution in [0.1, 0.15) is 106 Å². The highest BCUT2D eigenvalue weighted by atomic mass is 16.4. The molecule has 34 heavy (non-hydrogen) atoms. The second-order valence-electron chi connectivity index (χ2n) is 14.6. The quantitative estimate of drug-likeness (QED) is 0.457. The number of fused-ring (bicyclic) bond motifs is 7. The molecule has 0 saturated heterocycles. The molecule has 5 rings (SSSR count). The van der Waals surface area contributed by atoms with Gasteiger partial charge in [-0.25, -0.2) is 0 Å². The molecule has 0 aromatic heterocycles. The van der Waals surface area contributed by atoms with Crippen molar-refractivity contribution < 1.29 is 19.8 Å². The predicted octanol–water partition coefficient (Wildman–Crippen LogP) is 6.41. The van der Waals surface area contributed by atoms with Crippen molar-refractivity contribution in [1.82, 2.24) is 0 Å². The summed E-state index contributed by atoms with van der Waals surface area (Å²) in [6.45, 7) is 14.0. The molecule has 4 nitrogen and oxygen atoms in total. The highest BCUT2D eigenvalue weighted by molar-refractivity contribution is 5.85. The molecule has 8 atom stereocenters. The third kappa shape index (κ3) is 2.81. The summed E-state index contributed by atoms with van der Waals surface area (Å²) >= 11 is 0. The largest absolute Gasteiger partial charge is 0.481 e. The van der Waals surface area contributed by atoms with Gasteiger partial charge in [-0.2, -0.15) is 0 Å². The minimum atomic E-state index is -0.711. The molecule has 190 valence electrons. The number of Topliss-reactive ketones (excluding diaryl/α,β-unsaturated/α-hetero) is 1. The van der Waals surface area contributed by atoms with E-state index in [0.717, 1.165) is 44.9 Å². The van der Waals surface area contributed by atoms with Crippen LogP contribution in [0, 0.1) is 50.2 Å². The maximum Gasteiger partial charge on any atom is 0.309 e. The summed E-state index contributed by atoms with van der Waals surface area (Å²) in [5.41, 5.74) is 0.661. The maximum atomic E-state index is 12.9. The number of rotatable bonds is 2. The highest BCUT2D eigenvalue weighted by Crippen LogP contribution is 2.75. The molecule has 5 aliphatic rings. The Balaban J connectivity index is 1.59. The Labute approximate surface area is 206 Å². The van der Waals surface area contributed by atoms with Crippen LogP contribution in [0.5, 0.6) is 0 Å². The summed E-state index contributed by atoms with van der Waals surface area (Å²) in [6.07, 6.45) is 11.7. The first kappa shape index (κ1) is 24.5. The zero-order chi connectivity index (χ0) is 24.9. The van der Waals surface area contributed by atoms with E-state index in [1.54, 1.807) is 0 Å². The monoisotopic (exact) mass is 470 g/mol. The standard InChI is InChI=1S/C30H46O4/c1-25(2)21-9-12-29(6)22(27(21,4)11-10-23(25)32)8-7-19-20-17-26(3,24(33)34)13-15-30(20,18-31)16-14-28(19,29)5/h7,20-22,31H,8-18H2,1-6H3,(H,33,34)/t20-,21+,22-,26+,27+,28-,29-,30-/m1/s1. The summed E-state index contributed by atoms with van der Waals surface area (Å²) in [5.74, 6) is 0.879. The fourth-order valence-corrected chi connectivity index (χ4v) is 10.5. The smallest absolute Gasteiger partial charge is 0.309 e. The van der Waals surface area contributed by atoms with Crippen LogP contribution in [-0.4, -0.2) is 28.6 Å². The lowest BCUT2D eigenvalue weighted by molar-refractivity contribution is -0.188. The van der Waals surface area contributed by atoms with Gasteiger partial charge >= 0.3 is 5.97 Å². The van der Waals surface area contributed by atoms with Gasteiger partial charge in [-0.3, -0.25) is 9.59 Å². The number of hydrogen-bond acceptors (Lipinski definition) is 3. The first-order chi connectivity index (χ1) is 15.7. The molecule has 5 aliphatic carbocycles. The van der Waals surface area contributed by atoms with Crippen LogP contribution < -0.4 is 0 Å². The average Bonchev–Trinajstić information content (AvgIpc) is 2.77. The van der Waals surface area contributed by atoms with Crippen molar-refractivity contribution in [1.29, 1.82) is 0 Å². The van der Waals surface area contributed by atoms with Gasteiger partial charge in [-0.1, -0.05) is 46.3 Å². The number of allylic oxidation sites excluding steroid dienone is 2. The zero-order valence-corrected chi connectivity index (χ0v) is 22.3. The number of carbonyl (C=O) groups is 2. The summed E-state index contributed by atoms with van der Waals surface area (Å²) in [4.78, 5) is 25.2. The lowest BCUT2D eigenvalue weighted by Crippen LogP contribution is -2.64. The Kier molecular flexibility index (Phi) is 5.20. The molecular weight excluding hydrogens is 424 g/mol. The fraction of sp³-hybridized carbons (Fsp3) is 0.867. The van der Waals surface area contributed by atoms with Gasteiger partial charge in [0.15, 0.2) is 0 Å². The average molecular weight is 471 g/mol. The number of ketones is 1. The molecule has 0 radical (unpaired) electrons. The Morgan fingerprint density at radius 2 is 1.65 bits per heavy atom. The van der Waals surface area contributed by atoms with E-state index in [1.807, 2.05) is 6.92 Å². The number of aliphatic hydroxyl groups excluding tert-OH is 1. The highest BCUT2D eigenvalue weighted by Gasteiger charge is 2.68. The Hall–Kier alpha value is -1.16. The molecule has 0 unspecified atom stereocenters. The normalized spacial score (nSPS) is 51.9. The van der Waals surface area contributed by atoms with Crippen LogP contribution in [0.25, 0.3) is 0 Å². The van der Waals surface area contributed by atoms with E-state index >= 15 is 0 Å². The molecule has 0 aliphatic heterocycles. The van der Waals surface area contributed by atoms with E-state index in [1.165, 1.54) is 5.57 Å². The summed E-state index contributed by atoms with van der Waals surface area (Å²) < 4.78 is 0. The van der Waals surface area contributed by atoms with Gasteiger partial charge < -0.3 is 10.2 Å². The van der Waals surface area contributed by atoms with Crippen molar-refractivity contribution >= 4 is 11.8 Å². The maximum absolute atomic E-state index is 12.9. The van der Waals surface area contributed by atoms with E-state index in [2.05, 4.69) is 40.7 Å². The van der Waals surface area contributed by atoms with Crippen molar-refractivity contribution in [3.8, 4) is 0 Å². The van der Waals surface area contributed by atoms with E-state index in [4.69, 9.17) is 0 Å².